The molecule has 0 bridgehead atoms. The molecule has 1 saturated heterocycles. The van der Waals surface area contributed by atoms with Gasteiger partial charge in [0.1, 0.15) is 11.6 Å². The Labute approximate surface area is 156 Å². The molecule has 0 radical (unpaired) electrons. The molecule has 1 amide bonds. The SMILES string of the molecule is C[C@H](C(=O)Nc1ccc(F)cc1)N1CCN(c2ccc3nccn3n2)CC1. The van der Waals surface area contributed by atoms with Crippen molar-refractivity contribution >= 4 is 23.1 Å². The van der Waals surface area contributed by atoms with Crippen LogP contribution in [0.5, 0.6) is 0 Å². The van der Waals surface area contributed by atoms with E-state index in [1.54, 1.807) is 22.8 Å². The van der Waals surface area contributed by atoms with Gasteiger partial charge >= 0.3 is 0 Å². The van der Waals surface area contributed by atoms with Gasteiger partial charge < -0.3 is 10.2 Å². The number of rotatable bonds is 4. The smallest absolute Gasteiger partial charge is 0.241 e. The predicted octanol–water partition coefficient (Wildman–Crippen LogP) is 2.02. The third-order valence-corrected chi connectivity index (χ3v) is 4.92. The molecule has 0 unspecified atom stereocenters. The minimum absolute atomic E-state index is 0.0898. The fourth-order valence-electron chi connectivity index (χ4n) is 3.26. The largest absolute Gasteiger partial charge is 0.353 e. The summed E-state index contributed by atoms with van der Waals surface area (Å²) in [6, 6.07) is 9.47. The second-order valence-corrected chi connectivity index (χ2v) is 6.62. The Morgan fingerprint density at radius 2 is 1.85 bits per heavy atom. The van der Waals surface area contributed by atoms with Crippen molar-refractivity contribution in [2.24, 2.45) is 0 Å². The predicted molar refractivity (Wildman–Crippen MR) is 101 cm³/mol. The summed E-state index contributed by atoms with van der Waals surface area (Å²) in [5.74, 6) is 0.497. The van der Waals surface area contributed by atoms with Crippen LogP contribution >= 0.6 is 0 Å². The standard InChI is InChI=1S/C19H21FN6O/c1-14(19(27)22-16-4-2-15(20)3-5-16)24-10-12-25(13-11-24)18-7-6-17-21-8-9-26(17)23-18/h2-9,14H,10-13H2,1H3,(H,22,27)/t14-/m1/s1. The van der Waals surface area contributed by atoms with Crippen LogP contribution in [0.25, 0.3) is 5.65 Å². The lowest BCUT2D eigenvalue weighted by atomic mass is 10.2. The van der Waals surface area contributed by atoms with Crippen LogP contribution in [0.15, 0.2) is 48.8 Å². The molecule has 140 valence electrons. The van der Waals surface area contributed by atoms with E-state index >= 15 is 0 Å². The number of benzene rings is 1. The van der Waals surface area contributed by atoms with Gasteiger partial charge in [-0.2, -0.15) is 0 Å². The molecule has 0 spiro atoms. The molecular weight excluding hydrogens is 347 g/mol. The van der Waals surface area contributed by atoms with Crippen molar-refractivity contribution in [3.8, 4) is 0 Å². The van der Waals surface area contributed by atoms with Crippen molar-refractivity contribution in [1.82, 2.24) is 19.5 Å². The maximum absolute atomic E-state index is 13.0. The van der Waals surface area contributed by atoms with Crippen molar-refractivity contribution in [3.05, 3.63) is 54.6 Å². The molecule has 0 saturated carbocycles. The minimum Gasteiger partial charge on any atom is -0.353 e. The van der Waals surface area contributed by atoms with Gasteiger partial charge in [-0.25, -0.2) is 13.9 Å². The number of amides is 1. The first-order chi connectivity index (χ1) is 13.1. The number of nitrogens with zero attached hydrogens (tertiary/aromatic N) is 5. The number of nitrogens with one attached hydrogen (secondary N) is 1. The molecular formula is C19H21FN6O. The molecule has 1 atom stereocenters. The number of imidazole rings is 1. The molecule has 4 rings (SSSR count). The number of fused-ring (bicyclic) bond motifs is 1. The van der Waals surface area contributed by atoms with Gasteiger partial charge in [0.2, 0.25) is 5.91 Å². The number of piperazine rings is 1. The zero-order valence-corrected chi connectivity index (χ0v) is 15.0. The Bertz CT molecular complexity index is 933. The molecule has 2 aromatic heterocycles. The monoisotopic (exact) mass is 368 g/mol. The number of carbonyl (C=O) groups is 1. The van der Waals surface area contributed by atoms with E-state index in [1.807, 2.05) is 25.3 Å². The summed E-state index contributed by atoms with van der Waals surface area (Å²) in [5.41, 5.74) is 1.42. The summed E-state index contributed by atoms with van der Waals surface area (Å²) < 4.78 is 14.7. The quantitative estimate of drug-likeness (QED) is 0.763. The number of halogens is 1. The van der Waals surface area contributed by atoms with Crippen LogP contribution in [0.1, 0.15) is 6.92 Å². The van der Waals surface area contributed by atoms with Crippen LogP contribution in [-0.2, 0) is 4.79 Å². The molecule has 1 N–H and O–H groups in total. The topological polar surface area (TPSA) is 65.8 Å². The fourth-order valence-corrected chi connectivity index (χ4v) is 3.26. The molecule has 27 heavy (non-hydrogen) atoms. The number of carbonyl (C=O) groups excluding carboxylic acids is 1. The summed E-state index contributed by atoms with van der Waals surface area (Å²) in [7, 11) is 0. The fraction of sp³-hybridized carbons (Fsp3) is 0.316. The molecule has 3 heterocycles. The molecule has 1 aliphatic heterocycles. The van der Waals surface area contributed by atoms with E-state index in [1.165, 1.54) is 12.1 Å². The summed E-state index contributed by atoms with van der Waals surface area (Å²) in [6.45, 7) is 5.01. The third kappa shape index (κ3) is 3.75. The Kier molecular flexibility index (Phi) is 4.72. The number of hydrogen-bond acceptors (Lipinski definition) is 5. The van der Waals surface area contributed by atoms with Crippen molar-refractivity contribution in [2.75, 3.05) is 36.4 Å². The summed E-state index contributed by atoms with van der Waals surface area (Å²) in [5, 5.41) is 7.42. The van der Waals surface area contributed by atoms with E-state index in [0.29, 0.717) is 5.69 Å². The van der Waals surface area contributed by atoms with E-state index in [4.69, 9.17) is 0 Å². The molecule has 0 aliphatic carbocycles. The summed E-state index contributed by atoms with van der Waals surface area (Å²) >= 11 is 0. The number of anilines is 2. The Morgan fingerprint density at radius 1 is 1.11 bits per heavy atom. The Balaban J connectivity index is 1.35. The van der Waals surface area contributed by atoms with Gasteiger partial charge in [-0.05, 0) is 43.3 Å². The van der Waals surface area contributed by atoms with E-state index in [0.717, 1.165) is 37.6 Å². The average molecular weight is 368 g/mol. The molecule has 1 fully saturated rings. The summed E-state index contributed by atoms with van der Waals surface area (Å²) in [4.78, 5) is 21.0. The van der Waals surface area contributed by atoms with E-state index in [2.05, 4.69) is 25.2 Å². The number of hydrogen-bond donors (Lipinski definition) is 1. The average Bonchev–Trinajstić information content (AvgIpc) is 3.17. The Morgan fingerprint density at radius 3 is 2.59 bits per heavy atom. The number of aromatic nitrogens is 3. The maximum atomic E-state index is 13.0. The first-order valence-electron chi connectivity index (χ1n) is 8.96. The van der Waals surface area contributed by atoms with Crippen LogP contribution < -0.4 is 10.2 Å². The van der Waals surface area contributed by atoms with Crippen molar-refractivity contribution in [1.29, 1.82) is 0 Å². The molecule has 8 heteroatoms. The van der Waals surface area contributed by atoms with Gasteiger partial charge in [-0.3, -0.25) is 9.69 Å². The minimum atomic E-state index is -0.320. The van der Waals surface area contributed by atoms with Gasteiger partial charge in [0.05, 0.1) is 6.04 Å². The highest BCUT2D eigenvalue weighted by Gasteiger charge is 2.26. The second kappa shape index (κ2) is 7.32. The lowest BCUT2D eigenvalue weighted by Crippen LogP contribution is -2.53. The van der Waals surface area contributed by atoms with Gasteiger partial charge in [0.25, 0.3) is 0 Å². The third-order valence-electron chi connectivity index (χ3n) is 4.92. The van der Waals surface area contributed by atoms with Gasteiger partial charge in [-0.15, -0.1) is 5.10 Å². The molecule has 7 nitrogen and oxygen atoms in total. The first kappa shape index (κ1) is 17.4. The van der Waals surface area contributed by atoms with Crippen LogP contribution in [0, 0.1) is 5.82 Å². The van der Waals surface area contributed by atoms with E-state index < -0.39 is 0 Å². The van der Waals surface area contributed by atoms with Gasteiger partial charge in [-0.1, -0.05) is 0 Å². The normalized spacial score (nSPS) is 16.4. The van der Waals surface area contributed by atoms with Crippen LogP contribution in [-0.4, -0.2) is 57.6 Å². The molecule has 1 aromatic carbocycles. The highest BCUT2D eigenvalue weighted by molar-refractivity contribution is 5.94. The zero-order chi connectivity index (χ0) is 18.8. The van der Waals surface area contributed by atoms with Crippen LogP contribution in [0.3, 0.4) is 0 Å². The zero-order valence-electron chi connectivity index (χ0n) is 15.0. The highest BCUT2D eigenvalue weighted by Crippen LogP contribution is 2.16. The lowest BCUT2D eigenvalue weighted by Gasteiger charge is -2.37. The van der Waals surface area contributed by atoms with E-state index in [9.17, 15) is 9.18 Å². The molecule has 1 aliphatic rings. The Hall–Kier alpha value is -3.00. The highest BCUT2D eigenvalue weighted by atomic mass is 19.1. The maximum Gasteiger partial charge on any atom is 0.241 e. The van der Waals surface area contributed by atoms with Crippen LogP contribution in [0.4, 0.5) is 15.9 Å². The second-order valence-electron chi connectivity index (χ2n) is 6.62. The van der Waals surface area contributed by atoms with E-state index in [-0.39, 0.29) is 17.8 Å². The molecule has 3 aromatic rings. The van der Waals surface area contributed by atoms with Crippen LogP contribution in [0.2, 0.25) is 0 Å². The first-order valence-corrected chi connectivity index (χ1v) is 8.96. The van der Waals surface area contributed by atoms with Gasteiger partial charge in [0, 0.05) is 44.3 Å². The van der Waals surface area contributed by atoms with Crippen molar-refractivity contribution in [2.45, 2.75) is 13.0 Å². The summed E-state index contributed by atoms with van der Waals surface area (Å²) in [6.07, 6.45) is 3.56. The lowest BCUT2D eigenvalue weighted by molar-refractivity contribution is -0.120. The van der Waals surface area contributed by atoms with Gasteiger partial charge in [0.15, 0.2) is 5.65 Å². The van der Waals surface area contributed by atoms with Crippen molar-refractivity contribution < 1.29 is 9.18 Å². The van der Waals surface area contributed by atoms with Crippen molar-refractivity contribution in [3.63, 3.8) is 0 Å².